The quantitative estimate of drug-likeness (QED) is 0.879. The van der Waals surface area contributed by atoms with E-state index in [1.807, 2.05) is 0 Å². The minimum atomic E-state index is 0.703. The zero-order chi connectivity index (χ0) is 13.9. The van der Waals surface area contributed by atoms with Crippen LogP contribution < -0.4 is 5.32 Å². The minimum absolute atomic E-state index is 0.703. The van der Waals surface area contributed by atoms with E-state index in [2.05, 4.69) is 57.3 Å². The first-order valence-corrected chi connectivity index (χ1v) is 8.77. The molecular weight excluding hydrogens is 312 g/mol. The van der Waals surface area contributed by atoms with Gasteiger partial charge in [0.05, 0.1) is 0 Å². The molecule has 1 aromatic rings. The van der Waals surface area contributed by atoms with Crippen molar-refractivity contribution in [3.8, 4) is 0 Å². The van der Waals surface area contributed by atoms with Gasteiger partial charge < -0.3 is 5.32 Å². The van der Waals surface area contributed by atoms with Crippen LogP contribution in [0.15, 0.2) is 28.7 Å². The van der Waals surface area contributed by atoms with Gasteiger partial charge in [0.25, 0.3) is 0 Å². The lowest BCUT2D eigenvalue weighted by atomic mass is 10.0. The van der Waals surface area contributed by atoms with Gasteiger partial charge >= 0.3 is 0 Å². The Balaban J connectivity index is 1.68. The number of nitrogens with one attached hydrogen (secondary N) is 1. The summed E-state index contributed by atoms with van der Waals surface area (Å²) in [6.07, 6.45) is 5.44. The van der Waals surface area contributed by atoms with Crippen LogP contribution in [0, 0.1) is 5.92 Å². The lowest BCUT2D eigenvalue weighted by Gasteiger charge is -2.41. The van der Waals surface area contributed by atoms with E-state index in [1.54, 1.807) is 0 Å². The Kier molecular flexibility index (Phi) is 4.79. The van der Waals surface area contributed by atoms with Gasteiger partial charge in [0.15, 0.2) is 0 Å². The molecule has 1 heterocycles. The summed E-state index contributed by atoms with van der Waals surface area (Å²) in [5.74, 6) is 0.947. The van der Waals surface area contributed by atoms with E-state index in [0.717, 1.165) is 18.5 Å². The van der Waals surface area contributed by atoms with Crippen LogP contribution in [0.4, 0.5) is 0 Å². The molecule has 0 radical (unpaired) electrons. The van der Waals surface area contributed by atoms with Crippen LogP contribution in [0.5, 0.6) is 0 Å². The van der Waals surface area contributed by atoms with Crippen LogP contribution in [0.25, 0.3) is 0 Å². The van der Waals surface area contributed by atoms with Crippen molar-refractivity contribution in [3.63, 3.8) is 0 Å². The molecule has 2 fully saturated rings. The Hall–Kier alpha value is -0.380. The molecule has 2 unspecified atom stereocenters. The summed E-state index contributed by atoms with van der Waals surface area (Å²) < 4.78 is 1.19. The molecule has 0 spiro atoms. The van der Waals surface area contributed by atoms with Crippen LogP contribution in [-0.2, 0) is 6.54 Å². The van der Waals surface area contributed by atoms with Gasteiger partial charge in [-0.3, -0.25) is 4.90 Å². The summed E-state index contributed by atoms with van der Waals surface area (Å²) in [6.45, 7) is 5.78. The Morgan fingerprint density at radius 3 is 2.90 bits per heavy atom. The number of hydrogen-bond acceptors (Lipinski definition) is 2. The molecule has 0 aromatic heterocycles. The van der Waals surface area contributed by atoms with Crippen molar-refractivity contribution in [2.75, 3.05) is 13.1 Å². The fourth-order valence-corrected chi connectivity index (χ4v) is 3.83. The number of halogens is 1. The monoisotopic (exact) mass is 336 g/mol. The Bertz CT molecular complexity index is 444. The first-order valence-electron chi connectivity index (χ1n) is 7.98. The molecule has 1 aliphatic carbocycles. The van der Waals surface area contributed by atoms with E-state index < -0.39 is 0 Å². The molecule has 0 bridgehead atoms. The Labute approximate surface area is 131 Å². The van der Waals surface area contributed by atoms with Crippen molar-refractivity contribution in [3.05, 3.63) is 34.3 Å². The largest absolute Gasteiger partial charge is 0.311 e. The third kappa shape index (κ3) is 3.63. The van der Waals surface area contributed by atoms with Gasteiger partial charge in [-0.15, -0.1) is 0 Å². The maximum atomic E-state index is 3.79. The van der Waals surface area contributed by atoms with Crippen LogP contribution in [-0.4, -0.2) is 30.1 Å². The summed E-state index contributed by atoms with van der Waals surface area (Å²) in [6, 6.07) is 10.2. The van der Waals surface area contributed by atoms with Gasteiger partial charge in [-0.05, 0) is 42.9 Å². The van der Waals surface area contributed by atoms with Gasteiger partial charge in [-0.1, -0.05) is 41.4 Å². The third-order valence-corrected chi connectivity index (χ3v) is 5.14. The smallest absolute Gasteiger partial charge is 0.0238 e. The van der Waals surface area contributed by atoms with Crippen LogP contribution in [0.3, 0.4) is 0 Å². The summed E-state index contributed by atoms with van der Waals surface area (Å²) in [4.78, 5) is 2.71. The van der Waals surface area contributed by atoms with Crippen molar-refractivity contribution in [1.29, 1.82) is 0 Å². The molecule has 1 saturated carbocycles. The van der Waals surface area contributed by atoms with Crippen molar-refractivity contribution in [1.82, 2.24) is 10.2 Å². The van der Waals surface area contributed by atoms with E-state index >= 15 is 0 Å². The second-order valence-electron chi connectivity index (χ2n) is 6.35. The summed E-state index contributed by atoms with van der Waals surface area (Å²) in [5, 5.41) is 3.79. The average Bonchev–Trinajstić information content (AvgIpc) is 3.25. The van der Waals surface area contributed by atoms with Crippen LogP contribution >= 0.6 is 15.9 Å². The zero-order valence-corrected chi connectivity index (χ0v) is 13.9. The maximum absolute atomic E-state index is 3.79. The van der Waals surface area contributed by atoms with Gasteiger partial charge in [-0.2, -0.15) is 0 Å². The predicted octanol–water partition coefficient (Wildman–Crippen LogP) is 3.80. The lowest BCUT2D eigenvalue weighted by Crippen LogP contribution is -2.56. The minimum Gasteiger partial charge on any atom is -0.311 e. The number of rotatable bonds is 5. The second kappa shape index (κ2) is 6.59. The molecule has 20 heavy (non-hydrogen) atoms. The summed E-state index contributed by atoms with van der Waals surface area (Å²) in [5.41, 5.74) is 1.43. The fourth-order valence-electron chi connectivity index (χ4n) is 3.38. The molecular formula is C17H25BrN2. The first kappa shape index (κ1) is 14.6. The second-order valence-corrected chi connectivity index (χ2v) is 7.27. The van der Waals surface area contributed by atoms with Crippen molar-refractivity contribution in [2.24, 2.45) is 5.92 Å². The number of benzene rings is 1. The predicted molar refractivity (Wildman–Crippen MR) is 87.8 cm³/mol. The number of nitrogens with zero attached hydrogens (tertiary/aromatic N) is 1. The highest BCUT2D eigenvalue weighted by molar-refractivity contribution is 9.10. The third-order valence-electron chi connectivity index (χ3n) is 4.65. The Morgan fingerprint density at radius 2 is 2.20 bits per heavy atom. The summed E-state index contributed by atoms with van der Waals surface area (Å²) in [7, 11) is 0. The van der Waals surface area contributed by atoms with Crippen LogP contribution in [0.1, 0.15) is 38.2 Å². The highest BCUT2D eigenvalue weighted by Crippen LogP contribution is 2.35. The standard InChI is InChI=1S/C17H25BrN2/c1-2-4-16-10-19-17(14-7-8-14)12-20(16)11-13-5-3-6-15(18)9-13/h3,5-6,9,14,16-17,19H,2,4,7-8,10-12H2,1H3. The molecule has 1 saturated heterocycles. The molecule has 2 aliphatic rings. The van der Waals surface area contributed by atoms with Crippen molar-refractivity contribution in [2.45, 2.75) is 51.2 Å². The molecule has 3 rings (SSSR count). The van der Waals surface area contributed by atoms with Crippen molar-refractivity contribution >= 4 is 15.9 Å². The van der Waals surface area contributed by atoms with E-state index in [-0.39, 0.29) is 0 Å². The normalized spacial score (nSPS) is 27.7. The highest BCUT2D eigenvalue weighted by atomic mass is 79.9. The van der Waals surface area contributed by atoms with Gasteiger partial charge in [0.2, 0.25) is 0 Å². The molecule has 1 N–H and O–H groups in total. The SMILES string of the molecule is CCCC1CNC(C2CC2)CN1Cc1cccc(Br)c1. The zero-order valence-electron chi connectivity index (χ0n) is 12.3. The fraction of sp³-hybridized carbons (Fsp3) is 0.647. The molecule has 0 amide bonds. The number of hydrogen-bond donors (Lipinski definition) is 1. The van der Waals surface area contributed by atoms with E-state index in [9.17, 15) is 0 Å². The number of piperazine rings is 1. The molecule has 2 nitrogen and oxygen atoms in total. The first-order chi connectivity index (χ1) is 9.76. The molecule has 3 heteroatoms. The van der Waals surface area contributed by atoms with Gasteiger partial charge in [0, 0.05) is 36.2 Å². The van der Waals surface area contributed by atoms with Gasteiger partial charge in [0.1, 0.15) is 0 Å². The summed E-state index contributed by atoms with van der Waals surface area (Å²) >= 11 is 3.59. The van der Waals surface area contributed by atoms with E-state index in [1.165, 1.54) is 48.8 Å². The van der Waals surface area contributed by atoms with Crippen LogP contribution in [0.2, 0.25) is 0 Å². The van der Waals surface area contributed by atoms with Gasteiger partial charge in [-0.25, -0.2) is 0 Å². The van der Waals surface area contributed by atoms with E-state index in [0.29, 0.717) is 6.04 Å². The topological polar surface area (TPSA) is 15.3 Å². The average molecular weight is 337 g/mol. The molecule has 1 aliphatic heterocycles. The molecule has 110 valence electrons. The maximum Gasteiger partial charge on any atom is 0.0238 e. The van der Waals surface area contributed by atoms with Crippen molar-refractivity contribution < 1.29 is 0 Å². The van der Waals surface area contributed by atoms with E-state index in [4.69, 9.17) is 0 Å². The lowest BCUT2D eigenvalue weighted by molar-refractivity contribution is 0.108. The highest BCUT2D eigenvalue weighted by Gasteiger charge is 2.36. The Morgan fingerprint density at radius 1 is 1.35 bits per heavy atom. The molecule has 2 atom stereocenters. The molecule has 1 aromatic carbocycles.